The minimum absolute atomic E-state index is 0.150. The third-order valence-corrected chi connectivity index (χ3v) is 5.71. The summed E-state index contributed by atoms with van der Waals surface area (Å²) in [5.74, 6) is -0.622. The number of para-hydroxylation sites is 1. The van der Waals surface area contributed by atoms with Crippen LogP contribution in [-0.4, -0.2) is 25.7 Å². The fourth-order valence-electron chi connectivity index (χ4n) is 4.26. The molecule has 0 aromatic heterocycles. The molecule has 2 aromatic carbocycles. The van der Waals surface area contributed by atoms with Crippen LogP contribution in [0.3, 0.4) is 0 Å². The molecule has 4 rings (SSSR count). The Morgan fingerprint density at radius 1 is 1.03 bits per heavy atom. The lowest BCUT2D eigenvalue weighted by molar-refractivity contribution is -0.181. The molecule has 2 heterocycles. The van der Waals surface area contributed by atoms with E-state index in [0.29, 0.717) is 26.4 Å². The molecule has 1 fully saturated rings. The molecule has 29 heavy (non-hydrogen) atoms. The molecule has 1 saturated heterocycles. The fourth-order valence-corrected chi connectivity index (χ4v) is 4.26. The van der Waals surface area contributed by atoms with Crippen molar-refractivity contribution in [3.63, 3.8) is 0 Å². The Morgan fingerprint density at radius 2 is 1.76 bits per heavy atom. The third-order valence-electron chi connectivity index (χ3n) is 5.71. The summed E-state index contributed by atoms with van der Waals surface area (Å²) < 4.78 is 17.9. The molecule has 0 radical (unpaired) electrons. The highest BCUT2D eigenvalue weighted by Crippen LogP contribution is 2.49. The topological polar surface area (TPSA) is 48.0 Å². The Morgan fingerprint density at radius 3 is 2.52 bits per heavy atom. The van der Waals surface area contributed by atoms with Gasteiger partial charge >= 0.3 is 0 Å². The normalized spacial score (nSPS) is 17.2. The number of fused-ring (bicyclic) bond motifs is 2. The maximum Gasteiger partial charge on any atom is 0.292 e. The van der Waals surface area contributed by atoms with Gasteiger partial charge in [0.25, 0.3) is 11.7 Å². The number of carbonyl (C=O) groups is 1. The van der Waals surface area contributed by atoms with Gasteiger partial charge < -0.3 is 19.1 Å². The lowest BCUT2D eigenvalue weighted by Crippen LogP contribution is -2.41. The van der Waals surface area contributed by atoms with Crippen LogP contribution < -0.4 is 9.64 Å². The van der Waals surface area contributed by atoms with Crippen molar-refractivity contribution in [1.82, 2.24) is 0 Å². The lowest BCUT2D eigenvalue weighted by atomic mass is 9.98. The number of amides is 1. The number of carbonyl (C=O) groups excluding carboxylic acids is 1. The van der Waals surface area contributed by atoms with Gasteiger partial charge in [-0.3, -0.25) is 4.79 Å². The van der Waals surface area contributed by atoms with E-state index in [2.05, 4.69) is 13.0 Å². The highest BCUT2D eigenvalue weighted by Gasteiger charge is 2.57. The van der Waals surface area contributed by atoms with Crippen LogP contribution in [-0.2, 0) is 26.6 Å². The highest BCUT2D eigenvalue weighted by atomic mass is 16.7. The number of anilines is 1. The van der Waals surface area contributed by atoms with Crippen molar-refractivity contribution < 1.29 is 19.0 Å². The molecule has 0 saturated carbocycles. The Kier molecular flexibility index (Phi) is 5.61. The molecule has 5 heteroatoms. The first-order valence-corrected chi connectivity index (χ1v) is 10.5. The number of nitrogens with zero attached hydrogens (tertiary/aromatic N) is 1. The first-order chi connectivity index (χ1) is 14.1. The van der Waals surface area contributed by atoms with Crippen molar-refractivity contribution in [1.29, 1.82) is 0 Å². The van der Waals surface area contributed by atoms with Gasteiger partial charge in [0.05, 0.1) is 32.1 Å². The van der Waals surface area contributed by atoms with Crippen LogP contribution in [0, 0.1) is 13.8 Å². The first kappa shape index (κ1) is 19.9. The number of benzene rings is 2. The van der Waals surface area contributed by atoms with Crippen LogP contribution in [0.15, 0.2) is 36.4 Å². The molecule has 0 aliphatic carbocycles. The number of hydrogen-bond acceptors (Lipinski definition) is 4. The van der Waals surface area contributed by atoms with E-state index in [1.807, 2.05) is 44.2 Å². The molecule has 5 nitrogen and oxygen atoms in total. The van der Waals surface area contributed by atoms with Crippen LogP contribution in [0.2, 0.25) is 0 Å². The van der Waals surface area contributed by atoms with Gasteiger partial charge in [0.15, 0.2) is 0 Å². The van der Waals surface area contributed by atoms with Crippen LogP contribution >= 0.6 is 0 Å². The van der Waals surface area contributed by atoms with Gasteiger partial charge in [-0.25, -0.2) is 0 Å². The Bertz CT molecular complexity index is 902. The van der Waals surface area contributed by atoms with E-state index in [0.717, 1.165) is 53.0 Å². The van der Waals surface area contributed by atoms with Gasteiger partial charge in [0.1, 0.15) is 5.75 Å². The molecular weight excluding hydrogens is 366 g/mol. The van der Waals surface area contributed by atoms with Crippen LogP contribution in [0.1, 0.15) is 48.4 Å². The smallest absolute Gasteiger partial charge is 0.292 e. The summed E-state index contributed by atoms with van der Waals surface area (Å²) in [7, 11) is 0. The summed E-state index contributed by atoms with van der Waals surface area (Å²) in [5, 5.41) is 0. The predicted octanol–water partition coefficient (Wildman–Crippen LogP) is 4.62. The van der Waals surface area contributed by atoms with Gasteiger partial charge in [0, 0.05) is 11.1 Å². The minimum Gasteiger partial charge on any atom is -0.493 e. The molecule has 2 aromatic rings. The molecule has 0 atom stereocenters. The summed E-state index contributed by atoms with van der Waals surface area (Å²) in [6, 6.07) is 12.0. The second kappa shape index (κ2) is 8.17. The van der Waals surface area contributed by atoms with E-state index in [1.165, 1.54) is 0 Å². The van der Waals surface area contributed by atoms with Crippen molar-refractivity contribution in [2.24, 2.45) is 0 Å². The van der Waals surface area contributed by atoms with Gasteiger partial charge in [-0.05, 0) is 37.5 Å². The predicted molar refractivity (Wildman–Crippen MR) is 112 cm³/mol. The van der Waals surface area contributed by atoms with E-state index >= 15 is 0 Å². The van der Waals surface area contributed by atoms with Crippen LogP contribution in [0.4, 0.5) is 5.69 Å². The monoisotopic (exact) mass is 395 g/mol. The molecule has 0 N–H and O–H groups in total. The van der Waals surface area contributed by atoms with Crippen LogP contribution in [0.25, 0.3) is 0 Å². The number of unbranched alkanes of at least 4 members (excludes halogenated alkanes) is 2. The summed E-state index contributed by atoms with van der Waals surface area (Å²) in [4.78, 5) is 15.3. The number of rotatable bonds is 7. The summed E-state index contributed by atoms with van der Waals surface area (Å²) >= 11 is 0. The molecule has 2 aliphatic heterocycles. The van der Waals surface area contributed by atoms with Gasteiger partial charge in [-0.2, -0.15) is 0 Å². The number of ether oxygens (including phenoxy) is 3. The van der Waals surface area contributed by atoms with Crippen LogP contribution in [0.5, 0.6) is 5.75 Å². The first-order valence-electron chi connectivity index (χ1n) is 10.5. The molecule has 1 spiro atoms. The zero-order valence-corrected chi connectivity index (χ0v) is 17.5. The maximum atomic E-state index is 13.5. The summed E-state index contributed by atoms with van der Waals surface area (Å²) in [5.41, 5.74) is 4.78. The quantitative estimate of drug-likeness (QED) is 0.642. The Labute approximate surface area is 172 Å². The molecule has 2 aliphatic rings. The largest absolute Gasteiger partial charge is 0.493 e. The Hall–Kier alpha value is -2.37. The molecule has 0 bridgehead atoms. The summed E-state index contributed by atoms with van der Waals surface area (Å²) in [6.07, 6.45) is 3.33. The van der Waals surface area contributed by atoms with Crippen molar-refractivity contribution in [3.8, 4) is 5.75 Å². The van der Waals surface area contributed by atoms with Crippen molar-refractivity contribution in [2.45, 2.75) is 52.4 Å². The fraction of sp³-hybridized carbons (Fsp3) is 0.458. The average Bonchev–Trinajstić information content (AvgIpc) is 3.30. The SMILES string of the molecule is CCCCCOc1ccccc1CN1C(=O)C2(OCCO2)c2c(C)ccc(C)c21. The zero-order valence-electron chi connectivity index (χ0n) is 17.5. The second-order valence-electron chi connectivity index (χ2n) is 7.79. The molecular formula is C24H29NO4. The number of hydrogen-bond donors (Lipinski definition) is 0. The van der Waals surface area contributed by atoms with Crippen molar-refractivity contribution in [2.75, 3.05) is 24.7 Å². The molecule has 0 unspecified atom stereocenters. The van der Waals surface area contributed by atoms with E-state index in [1.54, 1.807) is 4.90 Å². The van der Waals surface area contributed by atoms with Gasteiger partial charge in [-0.15, -0.1) is 0 Å². The third kappa shape index (κ3) is 3.43. The Balaban J connectivity index is 1.67. The zero-order chi connectivity index (χ0) is 20.4. The lowest BCUT2D eigenvalue weighted by Gasteiger charge is -2.23. The summed E-state index contributed by atoms with van der Waals surface area (Å²) in [6.45, 7) is 8.16. The highest BCUT2D eigenvalue weighted by molar-refractivity contribution is 6.07. The van der Waals surface area contributed by atoms with Crippen molar-refractivity contribution in [3.05, 3.63) is 58.7 Å². The van der Waals surface area contributed by atoms with E-state index in [-0.39, 0.29) is 5.91 Å². The second-order valence-corrected chi connectivity index (χ2v) is 7.79. The van der Waals surface area contributed by atoms with Crippen molar-refractivity contribution >= 4 is 11.6 Å². The van der Waals surface area contributed by atoms with Gasteiger partial charge in [0.2, 0.25) is 0 Å². The average molecular weight is 395 g/mol. The standard InChI is InChI=1S/C24H29NO4/c1-4-5-8-13-27-20-10-7-6-9-19(20)16-25-22-18(3)12-11-17(2)21(22)24(23(25)26)28-14-15-29-24/h6-7,9-12H,4-5,8,13-16H2,1-3H3. The van der Waals surface area contributed by atoms with E-state index < -0.39 is 5.79 Å². The van der Waals surface area contributed by atoms with E-state index in [4.69, 9.17) is 14.2 Å². The molecule has 154 valence electrons. The van der Waals surface area contributed by atoms with Gasteiger partial charge in [-0.1, -0.05) is 50.1 Å². The van der Waals surface area contributed by atoms with E-state index in [9.17, 15) is 4.79 Å². The molecule has 1 amide bonds. The minimum atomic E-state index is -1.30. The maximum absolute atomic E-state index is 13.5. The number of aryl methyl sites for hydroxylation is 2.